The van der Waals surface area contributed by atoms with Crippen molar-refractivity contribution >= 4 is 23.5 Å². The number of imide groups is 1. The Morgan fingerprint density at radius 2 is 2.08 bits per heavy atom. The fourth-order valence-corrected chi connectivity index (χ4v) is 1.97. The van der Waals surface area contributed by atoms with Crippen molar-refractivity contribution in [3.05, 3.63) is 0 Å². The van der Waals surface area contributed by atoms with Gasteiger partial charge in [0.2, 0.25) is 0 Å². The molecule has 1 unspecified atom stereocenters. The SMILES string of the molecule is NCC1(C2(Cl)CC2)NC(=O)NC1=O. The monoisotopic (exact) mass is 203 g/mol. The first-order valence-electron chi connectivity index (χ1n) is 4.07. The Hall–Kier alpha value is -0.810. The Morgan fingerprint density at radius 1 is 1.46 bits per heavy atom. The molecule has 72 valence electrons. The van der Waals surface area contributed by atoms with Crippen LogP contribution in [0.2, 0.25) is 0 Å². The second kappa shape index (κ2) is 2.36. The number of carbonyl (C=O) groups is 2. The van der Waals surface area contributed by atoms with E-state index in [0.717, 1.165) is 0 Å². The van der Waals surface area contributed by atoms with E-state index in [2.05, 4.69) is 10.6 Å². The van der Waals surface area contributed by atoms with Gasteiger partial charge in [-0.15, -0.1) is 11.6 Å². The van der Waals surface area contributed by atoms with Crippen molar-refractivity contribution < 1.29 is 9.59 Å². The smallest absolute Gasteiger partial charge is 0.322 e. The van der Waals surface area contributed by atoms with Gasteiger partial charge in [-0.05, 0) is 12.8 Å². The zero-order valence-electron chi connectivity index (χ0n) is 6.89. The van der Waals surface area contributed by atoms with E-state index in [1.165, 1.54) is 0 Å². The van der Waals surface area contributed by atoms with Gasteiger partial charge in [0.05, 0.1) is 4.87 Å². The van der Waals surface area contributed by atoms with Crippen LogP contribution in [0.5, 0.6) is 0 Å². The lowest BCUT2D eigenvalue weighted by Gasteiger charge is -2.29. The molecule has 1 atom stereocenters. The van der Waals surface area contributed by atoms with Crippen molar-refractivity contribution in [2.75, 3.05) is 6.54 Å². The van der Waals surface area contributed by atoms with Crippen LogP contribution in [0.25, 0.3) is 0 Å². The molecule has 1 aliphatic heterocycles. The average Bonchev–Trinajstić information content (AvgIpc) is 2.72. The van der Waals surface area contributed by atoms with E-state index < -0.39 is 22.4 Å². The highest BCUT2D eigenvalue weighted by Crippen LogP contribution is 2.51. The number of nitrogens with two attached hydrogens (primary N) is 1. The highest BCUT2D eigenvalue weighted by molar-refractivity contribution is 6.30. The van der Waals surface area contributed by atoms with Gasteiger partial charge in [-0.25, -0.2) is 4.79 Å². The van der Waals surface area contributed by atoms with Gasteiger partial charge in [0.1, 0.15) is 0 Å². The first-order valence-corrected chi connectivity index (χ1v) is 4.44. The lowest BCUT2D eigenvalue weighted by molar-refractivity contribution is -0.124. The van der Waals surface area contributed by atoms with Gasteiger partial charge in [-0.2, -0.15) is 0 Å². The number of rotatable bonds is 2. The first kappa shape index (κ1) is 8.77. The summed E-state index contributed by atoms with van der Waals surface area (Å²) < 4.78 is 0. The molecular weight excluding hydrogens is 194 g/mol. The maximum atomic E-state index is 11.5. The molecule has 0 aromatic rings. The Morgan fingerprint density at radius 3 is 2.38 bits per heavy atom. The molecule has 0 spiro atoms. The number of halogens is 1. The molecule has 0 radical (unpaired) electrons. The summed E-state index contributed by atoms with van der Waals surface area (Å²) in [7, 11) is 0. The zero-order chi connectivity index (χ0) is 9.69. The summed E-state index contributed by atoms with van der Waals surface area (Å²) in [6.45, 7) is 0.0358. The van der Waals surface area contributed by atoms with E-state index in [4.69, 9.17) is 17.3 Å². The molecule has 1 heterocycles. The average molecular weight is 204 g/mol. The maximum Gasteiger partial charge on any atom is 0.322 e. The van der Waals surface area contributed by atoms with E-state index in [9.17, 15) is 9.59 Å². The van der Waals surface area contributed by atoms with Crippen molar-refractivity contribution in [3.63, 3.8) is 0 Å². The third-order valence-electron chi connectivity index (χ3n) is 2.70. The molecule has 0 aromatic carbocycles. The minimum Gasteiger partial charge on any atom is -0.328 e. The van der Waals surface area contributed by atoms with E-state index in [1.807, 2.05) is 0 Å². The second-order valence-electron chi connectivity index (χ2n) is 3.48. The zero-order valence-corrected chi connectivity index (χ0v) is 7.65. The summed E-state index contributed by atoms with van der Waals surface area (Å²) in [5, 5.41) is 4.66. The van der Waals surface area contributed by atoms with Crippen LogP contribution in [0.4, 0.5) is 4.79 Å². The topological polar surface area (TPSA) is 84.2 Å². The van der Waals surface area contributed by atoms with Gasteiger partial charge in [0.15, 0.2) is 5.54 Å². The molecule has 5 nitrogen and oxygen atoms in total. The van der Waals surface area contributed by atoms with E-state index >= 15 is 0 Å². The van der Waals surface area contributed by atoms with E-state index in [-0.39, 0.29) is 6.54 Å². The molecule has 1 aliphatic carbocycles. The number of carbonyl (C=O) groups excluding carboxylic acids is 2. The lowest BCUT2D eigenvalue weighted by atomic mass is 9.93. The first-order chi connectivity index (χ1) is 6.04. The number of nitrogens with one attached hydrogen (secondary N) is 2. The van der Waals surface area contributed by atoms with Crippen molar-refractivity contribution in [3.8, 4) is 0 Å². The molecule has 2 fully saturated rings. The summed E-state index contributed by atoms with van der Waals surface area (Å²) in [5.74, 6) is -0.410. The third kappa shape index (κ3) is 0.971. The van der Waals surface area contributed by atoms with E-state index in [0.29, 0.717) is 12.8 Å². The Balaban J connectivity index is 2.35. The molecule has 6 heteroatoms. The third-order valence-corrected chi connectivity index (χ3v) is 3.40. The van der Waals surface area contributed by atoms with Crippen molar-refractivity contribution in [1.82, 2.24) is 10.6 Å². The highest BCUT2D eigenvalue weighted by Gasteiger charge is 2.65. The number of hydrogen-bond donors (Lipinski definition) is 3. The fourth-order valence-electron chi connectivity index (χ4n) is 1.67. The quantitative estimate of drug-likeness (QED) is 0.410. The molecular formula is C7H10ClN3O2. The predicted octanol–water partition coefficient (Wildman–Crippen LogP) is -0.705. The van der Waals surface area contributed by atoms with Gasteiger partial charge in [-0.1, -0.05) is 0 Å². The Labute approximate surface area is 80.0 Å². The van der Waals surface area contributed by atoms with Crippen molar-refractivity contribution in [1.29, 1.82) is 0 Å². The van der Waals surface area contributed by atoms with Gasteiger partial charge < -0.3 is 11.1 Å². The van der Waals surface area contributed by atoms with Crippen LogP contribution in [0, 0.1) is 0 Å². The summed E-state index contributed by atoms with van der Waals surface area (Å²) >= 11 is 6.11. The molecule has 1 saturated carbocycles. The lowest BCUT2D eigenvalue weighted by Crippen LogP contribution is -2.60. The highest BCUT2D eigenvalue weighted by atomic mass is 35.5. The van der Waals surface area contributed by atoms with Crippen LogP contribution in [-0.2, 0) is 4.79 Å². The number of hydrogen-bond acceptors (Lipinski definition) is 3. The normalized spacial score (nSPS) is 35.5. The summed E-state index contributed by atoms with van der Waals surface area (Å²) in [6.07, 6.45) is 1.42. The van der Waals surface area contributed by atoms with Crippen LogP contribution in [0.3, 0.4) is 0 Å². The van der Waals surface area contributed by atoms with Crippen molar-refractivity contribution in [2.45, 2.75) is 23.3 Å². The molecule has 1 saturated heterocycles. The Bertz CT molecular complexity index is 289. The molecule has 2 aliphatic rings. The molecule has 0 aromatic heterocycles. The number of urea groups is 1. The van der Waals surface area contributed by atoms with Crippen LogP contribution in [0.1, 0.15) is 12.8 Å². The molecule has 0 bridgehead atoms. The maximum absolute atomic E-state index is 11.5. The Kier molecular flexibility index (Phi) is 1.59. The summed E-state index contributed by atoms with van der Waals surface area (Å²) in [6, 6.07) is -0.512. The minimum atomic E-state index is -1.09. The van der Waals surface area contributed by atoms with Crippen molar-refractivity contribution in [2.24, 2.45) is 5.73 Å². The fraction of sp³-hybridized carbons (Fsp3) is 0.714. The van der Waals surface area contributed by atoms with Crippen LogP contribution in [0.15, 0.2) is 0 Å². The molecule has 2 rings (SSSR count). The van der Waals surface area contributed by atoms with Crippen LogP contribution in [-0.4, -0.2) is 28.9 Å². The molecule has 3 amide bonds. The molecule has 13 heavy (non-hydrogen) atoms. The largest absolute Gasteiger partial charge is 0.328 e. The van der Waals surface area contributed by atoms with E-state index in [1.54, 1.807) is 0 Å². The van der Waals surface area contributed by atoms with Crippen LogP contribution < -0.4 is 16.4 Å². The number of alkyl halides is 1. The second-order valence-corrected chi connectivity index (χ2v) is 4.21. The van der Waals surface area contributed by atoms with Gasteiger partial charge in [0.25, 0.3) is 5.91 Å². The standard InChI is InChI=1S/C7H10ClN3O2/c8-6(1-2-6)7(3-9)4(12)10-5(13)11-7/h1-3,9H2,(H2,10,11,12,13). The van der Waals surface area contributed by atoms with Crippen LogP contribution >= 0.6 is 11.6 Å². The van der Waals surface area contributed by atoms with Gasteiger partial charge >= 0.3 is 6.03 Å². The van der Waals surface area contributed by atoms with Gasteiger partial charge in [0, 0.05) is 6.54 Å². The summed E-state index contributed by atoms with van der Waals surface area (Å²) in [4.78, 5) is 21.7. The predicted molar refractivity (Wildman–Crippen MR) is 46.3 cm³/mol. The summed E-state index contributed by atoms with van der Waals surface area (Å²) in [5.41, 5.74) is 4.40. The number of amides is 3. The molecule has 4 N–H and O–H groups in total. The minimum absolute atomic E-state index is 0.0358. The van der Waals surface area contributed by atoms with Gasteiger partial charge in [-0.3, -0.25) is 10.1 Å².